The minimum atomic E-state index is -1.02. The normalized spacial score (nSPS) is 19.5. The molecule has 7 heteroatoms. The van der Waals surface area contributed by atoms with E-state index in [4.69, 9.17) is 0 Å². The zero-order chi connectivity index (χ0) is 18.1. The van der Waals surface area contributed by atoms with Gasteiger partial charge in [0.1, 0.15) is 6.04 Å². The van der Waals surface area contributed by atoms with E-state index in [-0.39, 0.29) is 22.9 Å². The summed E-state index contributed by atoms with van der Waals surface area (Å²) in [6.45, 7) is 2.71. The fourth-order valence-electron chi connectivity index (χ4n) is 3.38. The molecule has 1 saturated heterocycles. The third-order valence-corrected chi connectivity index (χ3v) is 4.75. The van der Waals surface area contributed by atoms with E-state index >= 15 is 0 Å². The first-order valence-corrected chi connectivity index (χ1v) is 8.49. The second-order valence-corrected chi connectivity index (χ2v) is 6.37. The van der Waals surface area contributed by atoms with Crippen molar-refractivity contribution in [3.05, 3.63) is 34.9 Å². The molecule has 1 aromatic carbocycles. The van der Waals surface area contributed by atoms with Gasteiger partial charge in [0, 0.05) is 18.7 Å². The molecule has 0 unspecified atom stereocenters. The molecule has 2 aliphatic heterocycles. The molecule has 2 aliphatic rings. The molecule has 0 radical (unpaired) electrons. The summed E-state index contributed by atoms with van der Waals surface area (Å²) in [4.78, 5) is 51.2. The van der Waals surface area contributed by atoms with Crippen LogP contribution in [-0.4, -0.2) is 57.7 Å². The second-order valence-electron chi connectivity index (χ2n) is 6.37. The van der Waals surface area contributed by atoms with Crippen LogP contribution in [-0.2, 0) is 4.79 Å². The van der Waals surface area contributed by atoms with Gasteiger partial charge in [-0.15, -0.1) is 0 Å². The summed E-state index contributed by atoms with van der Waals surface area (Å²) in [5.41, 5.74) is 0.761. The molecule has 0 spiro atoms. The number of unbranched alkanes of at least 4 members (excludes halogenated alkanes) is 1. The third-order valence-electron chi connectivity index (χ3n) is 4.75. The van der Waals surface area contributed by atoms with Crippen molar-refractivity contribution >= 4 is 23.7 Å². The lowest BCUT2D eigenvalue weighted by Gasteiger charge is -2.21. The molecular formula is C18H20N2O5. The summed E-state index contributed by atoms with van der Waals surface area (Å²) in [5, 5.41) is 9.23. The molecule has 1 N–H and O–H groups in total. The van der Waals surface area contributed by atoms with Crippen LogP contribution in [0.15, 0.2) is 18.2 Å². The predicted octanol–water partition coefficient (Wildman–Crippen LogP) is 1.77. The van der Waals surface area contributed by atoms with Crippen LogP contribution in [0.3, 0.4) is 0 Å². The number of amides is 3. The summed E-state index contributed by atoms with van der Waals surface area (Å²) in [6, 6.07) is 3.56. The number of benzene rings is 1. The lowest BCUT2D eigenvalue weighted by molar-refractivity contribution is -0.141. The topological polar surface area (TPSA) is 95.0 Å². The fourth-order valence-corrected chi connectivity index (χ4v) is 3.38. The van der Waals surface area contributed by atoms with Gasteiger partial charge in [0.15, 0.2) is 0 Å². The summed E-state index contributed by atoms with van der Waals surface area (Å²) < 4.78 is 0. The Morgan fingerprint density at radius 3 is 2.60 bits per heavy atom. The van der Waals surface area contributed by atoms with Gasteiger partial charge >= 0.3 is 5.97 Å². The lowest BCUT2D eigenvalue weighted by atomic mass is 10.0. The van der Waals surface area contributed by atoms with E-state index < -0.39 is 17.9 Å². The number of hydrogen-bond acceptors (Lipinski definition) is 4. The smallest absolute Gasteiger partial charge is 0.326 e. The number of carbonyl (C=O) groups is 4. The van der Waals surface area contributed by atoms with E-state index in [9.17, 15) is 24.3 Å². The number of carboxylic acids is 1. The Balaban J connectivity index is 1.87. The van der Waals surface area contributed by atoms with Gasteiger partial charge in [-0.25, -0.2) is 4.79 Å². The van der Waals surface area contributed by atoms with Gasteiger partial charge in [-0.05, 0) is 37.5 Å². The molecule has 25 heavy (non-hydrogen) atoms. The second kappa shape index (κ2) is 6.66. The number of carboxylic acid groups (broad SMARTS) is 1. The number of rotatable bonds is 5. The minimum Gasteiger partial charge on any atom is -0.480 e. The Kier molecular flexibility index (Phi) is 4.57. The Morgan fingerprint density at radius 2 is 1.92 bits per heavy atom. The fraction of sp³-hybridized carbons (Fsp3) is 0.444. The van der Waals surface area contributed by atoms with E-state index in [0.29, 0.717) is 31.5 Å². The number of imide groups is 1. The quantitative estimate of drug-likeness (QED) is 0.822. The molecule has 0 aliphatic carbocycles. The van der Waals surface area contributed by atoms with Gasteiger partial charge in [0.25, 0.3) is 17.7 Å². The summed E-state index contributed by atoms with van der Waals surface area (Å²) in [5.74, 6) is -2.17. The number of likely N-dealkylation sites (tertiary alicyclic amines) is 1. The van der Waals surface area contributed by atoms with E-state index in [0.717, 1.165) is 12.8 Å². The van der Waals surface area contributed by atoms with Gasteiger partial charge < -0.3 is 10.0 Å². The molecule has 1 fully saturated rings. The van der Waals surface area contributed by atoms with Crippen LogP contribution in [0.1, 0.15) is 63.7 Å². The number of hydrogen-bond donors (Lipinski definition) is 1. The molecule has 0 aromatic heterocycles. The van der Waals surface area contributed by atoms with Crippen molar-refractivity contribution in [3.8, 4) is 0 Å². The maximum Gasteiger partial charge on any atom is 0.326 e. The number of aliphatic carboxylic acids is 1. The summed E-state index contributed by atoms with van der Waals surface area (Å²) >= 11 is 0. The van der Waals surface area contributed by atoms with Crippen molar-refractivity contribution in [2.24, 2.45) is 0 Å². The summed E-state index contributed by atoms with van der Waals surface area (Å²) in [6.07, 6.45) is 2.65. The molecule has 3 amide bonds. The molecule has 1 atom stereocenters. The van der Waals surface area contributed by atoms with Gasteiger partial charge in [-0.1, -0.05) is 13.3 Å². The van der Waals surface area contributed by atoms with Crippen LogP contribution in [0.5, 0.6) is 0 Å². The minimum absolute atomic E-state index is 0.220. The average Bonchev–Trinajstić information content (AvgIpc) is 3.18. The molecule has 0 saturated carbocycles. The van der Waals surface area contributed by atoms with E-state index in [2.05, 4.69) is 0 Å². The lowest BCUT2D eigenvalue weighted by Crippen LogP contribution is -2.40. The molecular weight excluding hydrogens is 324 g/mol. The highest BCUT2D eigenvalue weighted by atomic mass is 16.4. The average molecular weight is 344 g/mol. The highest BCUT2D eigenvalue weighted by Gasteiger charge is 2.38. The van der Waals surface area contributed by atoms with E-state index in [1.165, 1.54) is 28.0 Å². The molecule has 7 nitrogen and oxygen atoms in total. The van der Waals surface area contributed by atoms with Crippen molar-refractivity contribution in [1.82, 2.24) is 9.80 Å². The molecule has 1 aromatic rings. The highest BCUT2D eigenvalue weighted by molar-refractivity contribution is 6.22. The van der Waals surface area contributed by atoms with Gasteiger partial charge in [-0.2, -0.15) is 0 Å². The number of fused-ring (bicyclic) bond motifs is 1. The largest absolute Gasteiger partial charge is 0.480 e. The first-order valence-electron chi connectivity index (χ1n) is 8.49. The Labute approximate surface area is 145 Å². The Morgan fingerprint density at radius 1 is 1.20 bits per heavy atom. The van der Waals surface area contributed by atoms with E-state index in [1.54, 1.807) is 0 Å². The van der Waals surface area contributed by atoms with Crippen molar-refractivity contribution in [2.45, 2.75) is 38.6 Å². The van der Waals surface area contributed by atoms with Crippen molar-refractivity contribution < 1.29 is 24.3 Å². The number of nitrogens with zero attached hydrogens (tertiary/aromatic N) is 2. The van der Waals surface area contributed by atoms with Gasteiger partial charge in [0.05, 0.1) is 11.1 Å². The molecule has 0 bridgehead atoms. The zero-order valence-corrected chi connectivity index (χ0v) is 14.0. The van der Waals surface area contributed by atoms with Crippen molar-refractivity contribution in [3.63, 3.8) is 0 Å². The number of carbonyl (C=O) groups excluding carboxylic acids is 3. The van der Waals surface area contributed by atoms with Crippen LogP contribution < -0.4 is 0 Å². The molecule has 132 valence electrons. The Bertz CT molecular complexity index is 758. The van der Waals surface area contributed by atoms with Crippen LogP contribution in [0.2, 0.25) is 0 Å². The SMILES string of the molecule is CCCCN1C(=O)c2ccc(C(=O)N3CCC[C@H]3C(=O)O)cc2C1=O. The first kappa shape index (κ1) is 17.1. The van der Waals surface area contributed by atoms with E-state index in [1.807, 2.05) is 6.92 Å². The van der Waals surface area contributed by atoms with Crippen molar-refractivity contribution in [1.29, 1.82) is 0 Å². The third kappa shape index (κ3) is 2.90. The highest BCUT2D eigenvalue weighted by Crippen LogP contribution is 2.26. The predicted molar refractivity (Wildman–Crippen MR) is 88.4 cm³/mol. The van der Waals surface area contributed by atoms with Crippen LogP contribution in [0.4, 0.5) is 0 Å². The molecule has 2 heterocycles. The standard InChI is InChI=1S/C18H20N2O5/c1-2-3-8-20-16(22)12-7-6-11(10-13(12)17(20)23)15(21)19-9-4-5-14(19)18(24)25/h6-7,10,14H,2-5,8-9H2,1H3,(H,24,25)/t14-/m0/s1. The van der Waals surface area contributed by atoms with Gasteiger partial charge in [0.2, 0.25) is 0 Å². The monoisotopic (exact) mass is 344 g/mol. The Hall–Kier alpha value is -2.70. The maximum absolute atomic E-state index is 12.7. The first-order chi connectivity index (χ1) is 12.0. The van der Waals surface area contributed by atoms with Crippen LogP contribution in [0.25, 0.3) is 0 Å². The van der Waals surface area contributed by atoms with Crippen molar-refractivity contribution in [2.75, 3.05) is 13.1 Å². The van der Waals surface area contributed by atoms with Crippen LogP contribution in [0, 0.1) is 0 Å². The summed E-state index contributed by atoms with van der Waals surface area (Å²) in [7, 11) is 0. The maximum atomic E-state index is 12.7. The van der Waals surface area contributed by atoms with Crippen LogP contribution >= 0.6 is 0 Å². The van der Waals surface area contributed by atoms with Gasteiger partial charge in [-0.3, -0.25) is 19.3 Å². The molecule has 3 rings (SSSR count). The zero-order valence-electron chi connectivity index (χ0n) is 14.0.